The van der Waals surface area contributed by atoms with Gasteiger partial charge in [-0.2, -0.15) is 0 Å². The van der Waals surface area contributed by atoms with Crippen LogP contribution in [0.2, 0.25) is 0 Å². The molecule has 0 spiro atoms. The number of halogens is 1. The van der Waals surface area contributed by atoms with Gasteiger partial charge in [-0.25, -0.2) is 8.42 Å². The fourth-order valence-electron chi connectivity index (χ4n) is 2.48. The predicted octanol–water partition coefficient (Wildman–Crippen LogP) is 3.10. The van der Waals surface area contributed by atoms with E-state index in [0.29, 0.717) is 21.6 Å². The van der Waals surface area contributed by atoms with Crippen LogP contribution in [0.1, 0.15) is 34.8 Å². The molecule has 112 valence electrons. The first-order chi connectivity index (χ1) is 9.20. The quantitative estimate of drug-likeness (QED) is 0.797. The van der Waals surface area contributed by atoms with Crippen LogP contribution in [-0.2, 0) is 9.05 Å². The van der Waals surface area contributed by atoms with E-state index in [9.17, 15) is 13.2 Å². The molecule has 0 aliphatic carbocycles. The summed E-state index contributed by atoms with van der Waals surface area (Å²) in [5.41, 5.74) is 0. The van der Waals surface area contributed by atoms with E-state index in [1.807, 2.05) is 0 Å². The Morgan fingerprint density at radius 3 is 2.60 bits per heavy atom. The van der Waals surface area contributed by atoms with Crippen molar-refractivity contribution in [1.82, 2.24) is 4.90 Å². The van der Waals surface area contributed by atoms with Crippen molar-refractivity contribution in [2.45, 2.75) is 32.1 Å². The van der Waals surface area contributed by atoms with Crippen molar-refractivity contribution in [3.63, 3.8) is 0 Å². The zero-order chi connectivity index (χ0) is 15.1. The average molecular weight is 336 g/mol. The van der Waals surface area contributed by atoms with Gasteiger partial charge in [0.2, 0.25) is 0 Å². The molecule has 4 nitrogen and oxygen atoms in total. The van der Waals surface area contributed by atoms with Crippen molar-refractivity contribution in [2.75, 3.05) is 13.1 Å². The van der Waals surface area contributed by atoms with Gasteiger partial charge in [-0.1, -0.05) is 13.8 Å². The summed E-state index contributed by atoms with van der Waals surface area (Å²) in [6, 6.07) is 1.40. The fraction of sp³-hybridized carbons (Fsp3) is 0.615. The van der Waals surface area contributed by atoms with E-state index in [-0.39, 0.29) is 10.8 Å². The largest absolute Gasteiger partial charge is 0.338 e. The predicted molar refractivity (Wildman–Crippen MR) is 80.9 cm³/mol. The highest BCUT2D eigenvalue weighted by molar-refractivity contribution is 8.13. The van der Waals surface area contributed by atoms with Gasteiger partial charge in [-0.05, 0) is 31.2 Å². The lowest BCUT2D eigenvalue weighted by Gasteiger charge is -2.17. The molecule has 1 amide bonds. The third-order valence-corrected chi connectivity index (χ3v) is 6.42. The topological polar surface area (TPSA) is 54.5 Å². The average Bonchev–Trinajstić information content (AvgIpc) is 2.93. The van der Waals surface area contributed by atoms with Gasteiger partial charge in [0, 0.05) is 28.6 Å². The monoisotopic (exact) mass is 335 g/mol. The van der Waals surface area contributed by atoms with E-state index in [0.717, 1.165) is 19.5 Å². The molecule has 20 heavy (non-hydrogen) atoms. The van der Waals surface area contributed by atoms with E-state index in [1.165, 1.54) is 17.4 Å². The molecular formula is C13H18ClNO3S2. The van der Waals surface area contributed by atoms with Gasteiger partial charge in [-0.15, -0.1) is 11.3 Å². The van der Waals surface area contributed by atoms with Gasteiger partial charge in [0.1, 0.15) is 0 Å². The van der Waals surface area contributed by atoms with Gasteiger partial charge in [0.15, 0.2) is 0 Å². The number of nitrogens with zero attached hydrogens (tertiary/aromatic N) is 1. The normalized spacial score (nSPS) is 19.9. The molecule has 1 aliphatic rings. The number of aryl methyl sites for hydroxylation is 1. The van der Waals surface area contributed by atoms with E-state index < -0.39 is 9.05 Å². The minimum atomic E-state index is -3.78. The summed E-state index contributed by atoms with van der Waals surface area (Å²) in [5.74, 6) is 0.987. The van der Waals surface area contributed by atoms with Crippen LogP contribution in [-0.4, -0.2) is 32.3 Å². The Kier molecular flexibility index (Phi) is 4.47. The lowest BCUT2D eigenvalue weighted by molar-refractivity contribution is 0.0788. The highest BCUT2D eigenvalue weighted by atomic mass is 35.7. The summed E-state index contributed by atoms with van der Waals surface area (Å²) < 4.78 is 22.8. The second-order valence-electron chi connectivity index (χ2n) is 5.51. The summed E-state index contributed by atoms with van der Waals surface area (Å²) in [5, 5.41) is 0. The van der Waals surface area contributed by atoms with Crippen LogP contribution in [0, 0.1) is 18.8 Å². The van der Waals surface area contributed by atoms with Crippen molar-refractivity contribution in [1.29, 1.82) is 0 Å². The SMILES string of the molecule is Cc1sc(C(=O)N2CCC(C(C)C)C2)cc1S(=O)(=O)Cl. The molecule has 1 aromatic rings. The Hall–Kier alpha value is -0.590. The highest BCUT2D eigenvalue weighted by Crippen LogP contribution is 2.31. The van der Waals surface area contributed by atoms with Crippen LogP contribution < -0.4 is 0 Å². The molecule has 0 radical (unpaired) electrons. The number of carbonyl (C=O) groups excluding carboxylic acids is 1. The highest BCUT2D eigenvalue weighted by Gasteiger charge is 2.30. The minimum Gasteiger partial charge on any atom is -0.338 e. The summed E-state index contributed by atoms with van der Waals surface area (Å²) in [6.07, 6.45) is 1.01. The van der Waals surface area contributed by atoms with E-state index in [2.05, 4.69) is 13.8 Å². The molecule has 0 N–H and O–H groups in total. The third-order valence-electron chi connectivity index (χ3n) is 3.80. The Labute approximate surface area is 128 Å². The number of thiophene rings is 1. The molecule has 0 bridgehead atoms. The first kappa shape index (κ1) is 15.8. The molecule has 1 fully saturated rings. The van der Waals surface area contributed by atoms with Crippen molar-refractivity contribution in [3.8, 4) is 0 Å². The number of likely N-dealkylation sites (tertiary alicyclic amines) is 1. The van der Waals surface area contributed by atoms with Crippen molar-refractivity contribution in [3.05, 3.63) is 15.8 Å². The minimum absolute atomic E-state index is 0.0483. The maximum atomic E-state index is 12.4. The smallest absolute Gasteiger partial charge is 0.263 e. The van der Waals surface area contributed by atoms with Gasteiger partial charge in [-0.3, -0.25) is 4.79 Å². The molecule has 0 saturated carbocycles. The van der Waals surface area contributed by atoms with E-state index in [1.54, 1.807) is 11.8 Å². The zero-order valence-corrected chi connectivity index (χ0v) is 14.1. The Bertz CT molecular complexity index is 622. The fourth-order valence-corrected chi connectivity index (χ4v) is 5.12. The van der Waals surface area contributed by atoms with E-state index in [4.69, 9.17) is 10.7 Å². The van der Waals surface area contributed by atoms with Crippen LogP contribution >= 0.6 is 22.0 Å². The van der Waals surface area contributed by atoms with Crippen LogP contribution in [0.25, 0.3) is 0 Å². The molecule has 1 unspecified atom stereocenters. The van der Waals surface area contributed by atoms with E-state index >= 15 is 0 Å². The Morgan fingerprint density at radius 2 is 2.15 bits per heavy atom. The first-order valence-electron chi connectivity index (χ1n) is 6.54. The molecule has 1 aliphatic heterocycles. The molecule has 2 rings (SSSR count). The second-order valence-corrected chi connectivity index (χ2v) is 9.30. The summed E-state index contributed by atoms with van der Waals surface area (Å²) >= 11 is 1.19. The molecule has 2 heterocycles. The first-order valence-corrected chi connectivity index (χ1v) is 9.67. The van der Waals surface area contributed by atoms with Crippen LogP contribution in [0.15, 0.2) is 11.0 Å². The Balaban J connectivity index is 2.19. The second kappa shape index (κ2) is 5.66. The van der Waals surface area contributed by atoms with Crippen molar-refractivity contribution in [2.24, 2.45) is 11.8 Å². The van der Waals surface area contributed by atoms with Crippen LogP contribution in [0.4, 0.5) is 0 Å². The van der Waals surface area contributed by atoms with Crippen molar-refractivity contribution >= 4 is 37.0 Å². The van der Waals surface area contributed by atoms with Crippen molar-refractivity contribution < 1.29 is 13.2 Å². The maximum absolute atomic E-state index is 12.4. The third kappa shape index (κ3) is 3.18. The van der Waals surface area contributed by atoms with Gasteiger partial charge in [0.25, 0.3) is 15.0 Å². The molecule has 1 aromatic heterocycles. The molecule has 0 aromatic carbocycles. The summed E-state index contributed by atoms with van der Waals surface area (Å²) in [4.78, 5) is 15.3. The van der Waals surface area contributed by atoms with Gasteiger partial charge in [0.05, 0.1) is 9.77 Å². The Morgan fingerprint density at radius 1 is 1.50 bits per heavy atom. The molecular weight excluding hydrogens is 318 g/mol. The summed E-state index contributed by atoms with van der Waals surface area (Å²) in [7, 11) is 1.58. The lowest BCUT2D eigenvalue weighted by atomic mass is 9.95. The standard InChI is InChI=1S/C13H18ClNO3S2/c1-8(2)10-4-5-15(7-10)13(16)11-6-12(9(3)19-11)20(14,17)18/h6,8,10H,4-5,7H2,1-3H3. The molecule has 1 saturated heterocycles. The van der Waals surface area contributed by atoms with Gasteiger partial charge >= 0.3 is 0 Å². The number of amides is 1. The summed E-state index contributed by atoms with van der Waals surface area (Å²) in [6.45, 7) is 7.47. The number of hydrogen-bond donors (Lipinski definition) is 0. The number of rotatable bonds is 3. The lowest BCUT2D eigenvalue weighted by Crippen LogP contribution is -2.28. The van der Waals surface area contributed by atoms with Crippen LogP contribution in [0.3, 0.4) is 0 Å². The number of hydrogen-bond acceptors (Lipinski definition) is 4. The molecule has 7 heteroatoms. The maximum Gasteiger partial charge on any atom is 0.263 e. The van der Waals surface area contributed by atoms with Crippen LogP contribution in [0.5, 0.6) is 0 Å². The van der Waals surface area contributed by atoms with Gasteiger partial charge < -0.3 is 4.90 Å². The number of carbonyl (C=O) groups is 1. The molecule has 1 atom stereocenters. The zero-order valence-electron chi connectivity index (χ0n) is 11.7.